The van der Waals surface area contributed by atoms with Crippen LogP contribution in [0.15, 0.2) is 0 Å². The van der Waals surface area contributed by atoms with Crippen LogP contribution in [0.1, 0.15) is 31.2 Å². The maximum absolute atomic E-state index is 5.88. The highest BCUT2D eigenvalue weighted by atomic mass is 15.2. The van der Waals surface area contributed by atoms with Gasteiger partial charge in [0.25, 0.3) is 0 Å². The summed E-state index contributed by atoms with van der Waals surface area (Å²) in [6.07, 6.45) is 2.48. The molecule has 4 heteroatoms. The van der Waals surface area contributed by atoms with E-state index >= 15 is 0 Å². The second-order valence-electron chi connectivity index (χ2n) is 4.77. The number of hydrogen-bond acceptors (Lipinski definition) is 4. The van der Waals surface area contributed by atoms with Crippen molar-refractivity contribution >= 4 is 11.6 Å². The van der Waals surface area contributed by atoms with Crippen LogP contribution < -0.4 is 10.6 Å². The number of anilines is 2. The molecule has 0 atom stereocenters. The van der Waals surface area contributed by atoms with Crippen LogP contribution in [-0.4, -0.2) is 23.1 Å². The summed E-state index contributed by atoms with van der Waals surface area (Å²) in [5.41, 5.74) is 6.89. The van der Waals surface area contributed by atoms with Gasteiger partial charge in [-0.25, -0.2) is 9.97 Å². The molecule has 2 heterocycles. The summed E-state index contributed by atoms with van der Waals surface area (Å²) >= 11 is 0. The van der Waals surface area contributed by atoms with Gasteiger partial charge in [0.1, 0.15) is 17.5 Å². The van der Waals surface area contributed by atoms with Crippen molar-refractivity contribution < 1.29 is 0 Å². The predicted octanol–water partition coefficient (Wildman–Crippen LogP) is 1.91. The minimum atomic E-state index is 0.612. The molecule has 0 radical (unpaired) electrons. The van der Waals surface area contributed by atoms with Gasteiger partial charge >= 0.3 is 0 Å². The van der Waals surface area contributed by atoms with Crippen LogP contribution in [0.3, 0.4) is 0 Å². The number of nitrogens with two attached hydrogens (primary N) is 1. The zero-order chi connectivity index (χ0) is 11.7. The SMILES string of the molecule is Cc1nc(N)c(C)c(N2CCC(C)CC2)n1. The Bertz CT molecular complexity index is 381. The number of piperidine rings is 1. The summed E-state index contributed by atoms with van der Waals surface area (Å²) in [4.78, 5) is 11.0. The van der Waals surface area contributed by atoms with Crippen LogP contribution in [0.4, 0.5) is 11.6 Å². The van der Waals surface area contributed by atoms with Gasteiger partial charge in [0.05, 0.1) is 0 Å². The third kappa shape index (κ3) is 2.10. The van der Waals surface area contributed by atoms with E-state index in [4.69, 9.17) is 5.73 Å². The van der Waals surface area contributed by atoms with Gasteiger partial charge in [-0.2, -0.15) is 0 Å². The second kappa shape index (κ2) is 4.28. The van der Waals surface area contributed by atoms with Crippen molar-refractivity contribution in [2.75, 3.05) is 23.7 Å². The number of hydrogen-bond donors (Lipinski definition) is 1. The van der Waals surface area contributed by atoms with Crippen LogP contribution in [-0.2, 0) is 0 Å². The first-order valence-corrected chi connectivity index (χ1v) is 5.93. The normalized spacial score (nSPS) is 17.8. The highest BCUT2D eigenvalue weighted by Gasteiger charge is 2.19. The lowest BCUT2D eigenvalue weighted by atomic mass is 9.99. The molecule has 0 amide bonds. The van der Waals surface area contributed by atoms with Gasteiger partial charge in [-0.05, 0) is 32.6 Å². The minimum Gasteiger partial charge on any atom is -0.383 e. The van der Waals surface area contributed by atoms with Crippen LogP contribution in [0.2, 0.25) is 0 Å². The first kappa shape index (κ1) is 11.2. The number of rotatable bonds is 1. The van der Waals surface area contributed by atoms with Crippen LogP contribution in [0.5, 0.6) is 0 Å². The van der Waals surface area contributed by atoms with Crippen molar-refractivity contribution in [2.24, 2.45) is 5.92 Å². The average Bonchev–Trinajstić information content (AvgIpc) is 2.25. The lowest BCUT2D eigenvalue weighted by Gasteiger charge is -2.32. The van der Waals surface area contributed by atoms with Crippen LogP contribution in [0, 0.1) is 19.8 Å². The first-order valence-electron chi connectivity index (χ1n) is 5.93. The van der Waals surface area contributed by atoms with E-state index in [2.05, 4.69) is 21.8 Å². The van der Waals surface area contributed by atoms with E-state index in [1.807, 2.05) is 13.8 Å². The van der Waals surface area contributed by atoms with Gasteiger partial charge in [0.15, 0.2) is 0 Å². The smallest absolute Gasteiger partial charge is 0.137 e. The quantitative estimate of drug-likeness (QED) is 0.785. The van der Waals surface area contributed by atoms with E-state index in [1.54, 1.807) is 0 Å². The molecule has 1 aromatic heterocycles. The number of aromatic nitrogens is 2. The molecular formula is C12H20N4. The average molecular weight is 220 g/mol. The fourth-order valence-corrected chi connectivity index (χ4v) is 2.16. The van der Waals surface area contributed by atoms with Gasteiger partial charge in [0.2, 0.25) is 0 Å². The molecule has 0 saturated carbocycles. The Morgan fingerprint density at radius 3 is 2.44 bits per heavy atom. The number of aryl methyl sites for hydroxylation is 1. The maximum Gasteiger partial charge on any atom is 0.137 e. The molecule has 1 fully saturated rings. The summed E-state index contributed by atoms with van der Waals surface area (Å²) in [5, 5.41) is 0. The van der Waals surface area contributed by atoms with Crippen molar-refractivity contribution in [3.8, 4) is 0 Å². The molecule has 1 aliphatic heterocycles. The standard InChI is InChI=1S/C12H20N4/c1-8-4-6-16(7-5-8)12-9(2)11(13)14-10(3)15-12/h8H,4-7H2,1-3H3,(H2,13,14,15). The van der Waals surface area contributed by atoms with Crippen molar-refractivity contribution in [3.05, 3.63) is 11.4 Å². The van der Waals surface area contributed by atoms with E-state index in [-0.39, 0.29) is 0 Å². The van der Waals surface area contributed by atoms with E-state index in [9.17, 15) is 0 Å². The number of nitrogen functional groups attached to an aromatic ring is 1. The lowest BCUT2D eigenvalue weighted by molar-refractivity contribution is 0.436. The van der Waals surface area contributed by atoms with Crippen molar-refractivity contribution in [1.82, 2.24) is 9.97 Å². The van der Waals surface area contributed by atoms with Gasteiger partial charge in [-0.3, -0.25) is 0 Å². The van der Waals surface area contributed by atoms with Gasteiger partial charge in [-0.15, -0.1) is 0 Å². The fraction of sp³-hybridized carbons (Fsp3) is 0.667. The fourth-order valence-electron chi connectivity index (χ4n) is 2.16. The van der Waals surface area contributed by atoms with E-state index in [0.29, 0.717) is 5.82 Å². The summed E-state index contributed by atoms with van der Waals surface area (Å²) in [6, 6.07) is 0. The molecule has 2 rings (SSSR count). The molecular weight excluding hydrogens is 200 g/mol. The molecule has 0 unspecified atom stereocenters. The molecule has 1 aromatic rings. The molecule has 88 valence electrons. The number of nitrogens with zero attached hydrogens (tertiary/aromatic N) is 3. The topological polar surface area (TPSA) is 55.0 Å². The van der Waals surface area contributed by atoms with Crippen molar-refractivity contribution in [3.63, 3.8) is 0 Å². The highest BCUT2D eigenvalue weighted by molar-refractivity contribution is 5.56. The van der Waals surface area contributed by atoms with Crippen LogP contribution >= 0.6 is 0 Å². The second-order valence-corrected chi connectivity index (χ2v) is 4.77. The predicted molar refractivity (Wildman–Crippen MR) is 66.5 cm³/mol. The molecule has 0 spiro atoms. The van der Waals surface area contributed by atoms with Crippen LogP contribution in [0.25, 0.3) is 0 Å². The Morgan fingerprint density at radius 2 is 1.81 bits per heavy atom. The third-order valence-corrected chi connectivity index (χ3v) is 3.35. The zero-order valence-corrected chi connectivity index (χ0v) is 10.3. The maximum atomic E-state index is 5.88. The Labute approximate surface area is 96.9 Å². The molecule has 16 heavy (non-hydrogen) atoms. The van der Waals surface area contributed by atoms with Crippen molar-refractivity contribution in [1.29, 1.82) is 0 Å². The Hall–Kier alpha value is -1.32. The molecule has 0 aromatic carbocycles. The largest absolute Gasteiger partial charge is 0.383 e. The minimum absolute atomic E-state index is 0.612. The Morgan fingerprint density at radius 1 is 1.19 bits per heavy atom. The molecule has 2 N–H and O–H groups in total. The Balaban J connectivity index is 2.26. The van der Waals surface area contributed by atoms with Gasteiger partial charge < -0.3 is 10.6 Å². The highest BCUT2D eigenvalue weighted by Crippen LogP contribution is 2.26. The summed E-state index contributed by atoms with van der Waals surface area (Å²) in [6.45, 7) is 8.37. The zero-order valence-electron chi connectivity index (χ0n) is 10.3. The van der Waals surface area contributed by atoms with Crippen molar-refractivity contribution in [2.45, 2.75) is 33.6 Å². The third-order valence-electron chi connectivity index (χ3n) is 3.35. The molecule has 1 aliphatic rings. The first-order chi connectivity index (χ1) is 7.58. The van der Waals surface area contributed by atoms with E-state index in [0.717, 1.165) is 36.2 Å². The Kier molecular flexibility index (Phi) is 2.99. The molecule has 4 nitrogen and oxygen atoms in total. The molecule has 1 saturated heterocycles. The summed E-state index contributed by atoms with van der Waals surface area (Å²) in [7, 11) is 0. The monoisotopic (exact) mass is 220 g/mol. The lowest BCUT2D eigenvalue weighted by Crippen LogP contribution is -2.34. The van der Waals surface area contributed by atoms with Gasteiger partial charge in [0, 0.05) is 18.7 Å². The molecule has 0 aliphatic carbocycles. The van der Waals surface area contributed by atoms with Gasteiger partial charge in [-0.1, -0.05) is 6.92 Å². The van der Waals surface area contributed by atoms with E-state index < -0.39 is 0 Å². The summed E-state index contributed by atoms with van der Waals surface area (Å²) in [5.74, 6) is 3.23. The molecule has 0 bridgehead atoms. The van der Waals surface area contributed by atoms with E-state index in [1.165, 1.54) is 12.8 Å². The summed E-state index contributed by atoms with van der Waals surface area (Å²) < 4.78 is 0.